The van der Waals surface area contributed by atoms with E-state index >= 15 is 0 Å². The molecule has 2 aliphatic carbocycles. The zero-order chi connectivity index (χ0) is 12.3. The molecule has 0 aliphatic heterocycles. The number of hydrogen-bond acceptors (Lipinski definition) is 3. The van der Waals surface area contributed by atoms with Gasteiger partial charge in [-0.05, 0) is 55.6 Å². The molecule has 4 atom stereocenters. The summed E-state index contributed by atoms with van der Waals surface area (Å²) in [6.45, 7) is 0.858. The third-order valence-corrected chi connectivity index (χ3v) is 4.60. The van der Waals surface area contributed by atoms with Crippen LogP contribution in [0.5, 0.6) is 0 Å². The first kappa shape index (κ1) is 13.0. The van der Waals surface area contributed by atoms with E-state index in [9.17, 15) is 4.79 Å². The topological polar surface area (TPSA) is 49.3 Å². The summed E-state index contributed by atoms with van der Waals surface area (Å²) in [6, 6.07) is -0.370. The molecule has 1 saturated carbocycles. The first-order valence-corrected chi connectivity index (χ1v) is 7.73. The summed E-state index contributed by atoms with van der Waals surface area (Å²) in [6.07, 6.45) is 9.90. The molecule has 0 saturated heterocycles. The molecule has 17 heavy (non-hydrogen) atoms. The van der Waals surface area contributed by atoms with Gasteiger partial charge in [-0.3, -0.25) is 4.79 Å². The van der Waals surface area contributed by atoms with Crippen LogP contribution in [-0.2, 0) is 4.79 Å². The molecule has 0 aromatic carbocycles. The summed E-state index contributed by atoms with van der Waals surface area (Å²) in [5.41, 5.74) is 0. The van der Waals surface area contributed by atoms with E-state index in [-0.39, 0.29) is 6.04 Å². The number of fused-ring (bicyclic) bond motifs is 2. The smallest absolute Gasteiger partial charge is 0.320 e. The van der Waals surface area contributed by atoms with Crippen LogP contribution in [0.2, 0.25) is 0 Å². The van der Waals surface area contributed by atoms with E-state index in [0.29, 0.717) is 18.3 Å². The molecule has 0 unspecified atom stereocenters. The fourth-order valence-corrected chi connectivity index (χ4v) is 3.44. The van der Waals surface area contributed by atoms with Crippen molar-refractivity contribution in [3.05, 3.63) is 12.2 Å². The van der Waals surface area contributed by atoms with Crippen LogP contribution < -0.4 is 5.32 Å². The van der Waals surface area contributed by atoms with Crippen LogP contribution >= 0.6 is 11.8 Å². The number of thioether (sulfide) groups is 1. The zero-order valence-electron chi connectivity index (χ0n) is 10.3. The van der Waals surface area contributed by atoms with Gasteiger partial charge in [-0.15, -0.1) is 0 Å². The van der Waals surface area contributed by atoms with Crippen molar-refractivity contribution in [3.63, 3.8) is 0 Å². The molecule has 2 N–H and O–H groups in total. The molecule has 96 valence electrons. The number of hydrogen-bond donors (Lipinski definition) is 2. The summed E-state index contributed by atoms with van der Waals surface area (Å²) >= 11 is 1.70. The lowest BCUT2D eigenvalue weighted by Crippen LogP contribution is -2.40. The average molecular weight is 255 g/mol. The lowest BCUT2D eigenvalue weighted by Gasteiger charge is -2.21. The number of rotatable bonds is 7. The van der Waals surface area contributed by atoms with Gasteiger partial charge in [0.15, 0.2) is 0 Å². The fraction of sp³-hybridized carbons (Fsp3) is 0.769. The Labute approximate surface area is 107 Å². The Balaban J connectivity index is 1.75. The lowest BCUT2D eigenvalue weighted by molar-refractivity contribution is -0.139. The highest BCUT2D eigenvalue weighted by Gasteiger charge is 2.35. The molecule has 0 aromatic rings. The first-order chi connectivity index (χ1) is 8.20. The normalized spacial score (nSPS) is 31.9. The van der Waals surface area contributed by atoms with Crippen molar-refractivity contribution in [3.8, 4) is 0 Å². The largest absolute Gasteiger partial charge is 0.480 e. The molecule has 2 bridgehead atoms. The van der Waals surface area contributed by atoms with Crippen molar-refractivity contribution in [1.29, 1.82) is 0 Å². The summed E-state index contributed by atoms with van der Waals surface area (Å²) in [7, 11) is 0. The molecule has 1 fully saturated rings. The minimum atomic E-state index is -0.710. The summed E-state index contributed by atoms with van der Waals surface area (Å²) in [5, 5.41) is 12.4. The maximum Gasteiger partial charge on any atom is 0.320 e. The minimum absolute atomic E-state index is 0.370. The molecule has 0 spiro atoms. The number of carboxylic acids is 1. The van der Waals surface area contributed by atoms with Gasteiger partial charge in [-0.1, -0.05) is 12.2 Å². The molecule has 0 heterocycles. The third-order valence-electron chi connectivity index (χ3n) is 3.95. The van der Waals surface area contributed by atoms with Gasteiger partial charge in [-0.25, -0.2) is 0 Å². The monoisotopic (exact) mass is 255 g/mol. The Kier molecular flexibility index (Phi) is 4.51. The number of nitrogens with one attached hydrogen (secondary N) is 1. The SMILES string of the molecule is CSCC[C@@H](NC[C@@H]1C[C@H]2C=C[C@H]1C2)C(=O)O. The highest BCUT2D eigenvalue weighted by molar-refractivity contribution is 7.98. The summed E-state index contributed by atoms with van der Waals surface area (Å²) in [4.78, 5) is 11.1. The van der Waals surface area contributed by atoms with E-state index in [1.807, 2.05) is 6.26 Å². The van der Waals surface area contributed by atoms with E-state index in [0.717, 1.165) is 18.2 Å². The van der Waals surface area contributed by atoms with E-state index in [1.54, 1.807) is 11.8 Å². The van der Waals surface area contributed by atoms with Crippen LogP contribution in [0.3, 0.4) is 0 Å². The Hall–Kier alpha value is -0.480. The van der Waals surface area contributed by atoms with Crippen LogP contribution in [0.4, 0.5) is 0 Å². The molecule has 0 amide bonds. The van der Waals surface area contributed by atoms with E-state index in [4.69, 9.17) is 5.11 Å². The number of carboxylic acid groups (broad SMARTS) is 1. The van der Waals surface area contributed by atoms with Crippen LogP contribution in [-0.4, -0.2) is 35.7 Å². The second-order valence-electron chi connectivity index (χ2n) is 5.12. The van der Waals surface area contributed by atoms with E-state index < -0.39 is 5.97 Å². The molecule has 0 radical (unpaired) electrons. The van der Waals surface area contributed by atoms with Gasteiger partial charge in [0.05, 0.1) is 0 Å². The van der Waals surface area contributed by atoms with Crippen molar-refractivity contribution in [1.82, 2.24) is 5.32 Å². The van der Waals surface area contributed by atoms with Crippen molar-refractivity contribution < 1.29 is 9.90 Å². The van der Waals surface area contributed by atoms with Gasteiger partial charge in [0, 0.05) is 0 Å². The first-order valence-electron chi connectivity index (χ1n) is 6.34. The molecule has 4 heteroatoms. The molecular weight excluding hydrogens is 234 g/mol. The second-order valence-corrected chi connectivity index (χ2v) is 6.11. The zero-order valence-corrected chi connectivity index (χ0v) is 11.1. The molecular formula is C13H21NO2S. The summed E-state index contributed by atoms with van der Waals surface area (Å²) < 4.78 is 0. The van der Waals surface area contributed by atoms with Gasteiger partial charge < -0.3 is 10.4 Å². The van der Waals surface area contributed by atoms with Crippen molar-refractivity contribution >= 4 is 17.7 Å². The van der Waals surface area contributed by atoms with Crippen molar-refractivity contribution in [2.45, 2.75) is 25.3 Å². The maximum atomic E-state index is 11.1. The van der Waals surface area contributed by atoms with E-state index in [2.05, 4.69) is 17.5 Å². The van der Waals surface area contributed by atoms with Gasteiger partial charge in [0.2, 0.25) is 0 Å². The highest BCUT2D eigenvalue weighted by Crippen LogP contribution is 2.42. The van der Waals surface area contributed by atoms with Gasteiger partial charge in [0.25, 0.3) is 0 Å². The lowest BCUT2D eigenvalue weighted by atomic mass is 9.93. The molecule has 0 aromatic heterocycles. The third kappa shape index (κ3) is 3.26. The van der Waals surface area contributed by atoms with Gasteiger partial charge in [0.1, 0.15) is 6.04 Å². The van der Waals surface area contributed by atoms with Crippen LogP contribution in [0.1, 0.15) is 19.3 Å². The van der Waals surface area contributed by atoms with Gasteiger partial charge >= 0.3 is 5.97 Å². The Bertz CT molecular complexity index is 306. The van der Waals surface area contributed by atoms with Crippen LogP contribution in [0.25, 0.3) is 0 Å². The fourth-order valence-electron chi connectivity index (χ4n) is 2.97. The van der Waals surface area contributed by atoms with Crippen LogP contribution in [0.15, 0.2) is 12.2 Å². The number of carbonyl (C=O) groups is 1. The Morgan fingerprint density at radius 1 is 1.53 bits per heavy atom. The predicted octanol–water partition coefficient (Wildman–Crippen LogP) is 1.99. The summed E-state index contributed by atoms with van der Waals surface area (Å²) in [5.74, 6) is 2.31. The maximum absolute atomic E-state index is 11.1. The molecule has 2 aliphatic rings. The quantitative estimate of drug-likeness (QED) is 0.683. The minimum Gasteiger partial charge on any atom is -0.480 e. The Morgan fingerprint density at radius 2 is 2.35 bits per heavy atom. The van der Waals surface area contributed by atoms with E-state index in [1.165, 1.54) is 12.8 Å². The predicted molar refractivity (Wildman–Crippen MR) is 71.3 cm³/mol. The second kappa shape index (κ2) is 5.91. The standard InChI is InChI=1S/C13H21NO2S/c1-17-5-4-12(13(15)16)14-8-11-7-9-2-3-10(11)6-9/h2-3,9-12,14H,4-8H2,1H3,(H,15,16)/t9-,10-,11-,12+/m0/s1. The number of allylic oxidation sites excluding steroid dienone is 2. The van der Waals surface area contributed by atoms with Crippen molar-refractivity contribution in [2.24, 2.45) is 17.8 Å². The molecule has 3 nitrogen and oxygen atoms in total. The average Bonchev–Trinajstić information content (AvgIpc) is 2.90. The van der Waals surface area contributed by atoms with Gasteiger partial charge in [-0.2, -0.15) is 11.8 Å². The number of aliphatic carboxylic acids is 1. The van der Waals surface area contributed by atoms with Crippen LogP contribution in [0, 0.1) is 17.8 Å². The molecule has 2 rings (SSSR count). The highest BCUT2D eigenvalue weighted by atomic mass is 32.2. The Morgan fingerprint density at radius 3 is 2.88 bits per heavy atom. The van der Waals surface area contributed by atoms with Crippen molar-refractivity contribution in [2.75, 3.05) is 18.6 Å².